The highest BCUT2D eigenvalue weighted by Gasteiger charge is 2.25. The third-order valence-electron chi connectivity index (χ3n) is 6.56. The van der Waals surface area contributed by atoms with Crippen molar-refractivity contribution < 1.29 is 19.0 Å². The first kappa shape index (κ1) is 22.4. The van der Waals surface area contributed by atoms with Gasteiger partial charge in [0.05, 0.1) is 17.4 Å². The molecule has 2 aliphatic heterocycles. The maximum atomic E-state index is 13.2. The fourth-order valence-electron chi connectivity index (χ4n) is 4.64. The summed E-state index contributed by atoms with van der Waals surface area (Å²) in [6, 6.07) is 13.5. The molecule has 2 aliphatic rings. The fraction of sp³-hybridized carbons (Fsp3) is 0.269. The summed E-state index contributed by atoms with van der Waals surface area (Å²) < 4.78 is 16.1. The van der Waals surface area contributed by atoms with E-state index in [9.17, 15) is 4.79 Å². The fourth-order valence-corrected chi connectivity index (χ4v) is 5.68. The summed E-state index contributed by atoms with van der Waals surface area (Å²) in [5, 5.41) is 3.92. The lowest BCUT2D eigenvalue weighted by Gasteiger charge is -2.37. The normalized spacial score (nSPS) is 14.8. The lowest BCUT2D eigenvalue weighted by atomic mass is 10.1. The molecule has 0 saturated carbocycles. The maximum Gasteiger partial charge on any atom is 0.266 e. The lowest BCUT2D eigenvalue weighted by Crippen LogP contribution is -2.46. The van der Waals surface area contributed by atoms with Crippen molar-refractivity contribution in [2.45, 2.75) is 6.92 Å². The molecule has 0 radical (unpaired) electrons. The number of amides is 1. The van der Waals surface area contributed by atoms with E-state index >= 15 is 0 Å². The van der Waals surface area contributed by atoms with Crippen LogP contribution in [0.15, 0.2) is 48.8 Å². The number of ether oxygens (including phenoxy) is 3. The molecule has 2 aromatic heterocycles. The van der Waals surface area contributed by atoms with Gasteiger partial charge < -0.3 is 29.3 Å². The Bertz CT molecular complexity index is 1430. The molecule has 36 heavy (non-hydrogen) atoms. The highest BCUT2D eigenvalue weighted by molar-refractivity contribution is 7.20. The van der Waals surface area contributed by atoms with Crippen LogP contribution in [0.5, 0.6) is 17.2 Å². The number of nitrogens with one attached hydrogen (secondary N) is 1. The minimum atomic E-state index is -0.176. The van der Waals surface area contributed by atoms with Gasteiger partial charge in [0.15, 0.2) is 11.5 Å². The van der Waals surface area contributed by atoms with Gasteiger partial charge in [0.25, 0.3) is 5.91 Å². The number of methoxy groups -OCH3 is 1. The van der Waals surface area contributed by atoms with E-state index in [-0.39, 0.29) is 12.7 Å². The second-order valence-corrected chi connectivity index (χ2v) is 9.63. The molecule has 6 rings (SSSR count). The van der Waals surface area contributed by atoms with Crippen molar-refractivity contribution in [2.24, 2.45) is 0 Å². The molecule has 10 heteroatoms. The summed E-state index contributed by atoms with van der Waals surface area (Å²) >= 11 is 1.39. The van der Waals surface area contributed by atoms with E-state index in [1.807, 2.05) is 25.1 Å². The van der Waals surface area contributed by atoms with Crippen LogP contribution >= 0.6 is 11.3 Å². The third-order valence-corrected chi connectivity index (χ3v) is 7.76. The Balaban J connectivity index is 1.21. The number of anilines is 3. The molecule has 1 N–H and O–H groups in total. The van der Waals surface area contributed by atoms with Crippen molar-refractivity contribution in [2.75, 3.05) is 55.2 Å². The minimum Gasteiger partial charge on any atom is -0.497 e. The Morgan fingerprint density at radius 3 is 2.53 bits per heavy atom. The average Bonchev–Trinajstić information content (AvgIpc) is 3.53. The van der Waals surface area contributed by atoms with Crippen LogP contribution in [0.2, 0.25) is 0 Å². The van der Waals surface area contributed by atoms with Gasteiger partial charge in [-0.15, -0.1) is 11.3 Å². The van der Waals surface area contributed by atoms with Crippen LogP contribution in [-0.4, -0.2) is 56.0 Å². The number of hydrogen-bond donors (Lipinski definition) is 1. The van der Waals surface area contributed by atoms with Crippen molar-refractivity contribution in [1.29, 1.82) is 0 Å². The Morgan fingerprint density at radius 2 is 1.75 bits per heavy atom. The molecule has 0 atom stereocenters. The van der Waals surface area contributed by atoms with Crippen molar-refractivity contribution in [1.82, 2.24) is 9.97 Å². The van der Waals surface area contributed by atoms with E-state index in [2.05, 4.69) is 37.2 Å². The first-order valence-corrected chi connectivity index (χ1v) is 12.5. The predicted molar refractivity (Wildman–Crippen MR) is 140 cm³/mol. The largest absolute Gasteiger partial charge is 0.497 e. The Labute approximate surface area is 212 Å². The zero-order chi connectivity index (χ0) is 24.6. The van der Waals surface area contributed by atoms with E-state index in [4.69, 9.17) is 14.2 Å². The highest BCUT2D eigenvalue weighted by Crippen LogP contribution is 2.37. The third kappa shape index (κ3) is 4.03. The van der Waals surface area contributed by atoms with E-state index in [1.165, 1.54) is 17.0 Å². The lowest BCUT2D eigenvalue weighted by molar-refractivity contribution is 0.103. The number of piperazine rings is 1. The first-order valence-electron chi connectivity index (χ1n) is 11.7. The molecular formula is C26H25N5O4S. The zero-order valence-electron chi connectivity index (χ0n) is 20.0. The van der Waals surface area contributed by atoms with Gasteiger partial charge in [-0.3, -0.25) is 4.79 Å². The Kier molecular flexibility index (Phi) is 5.73. The number of aryl methyl sites for hydroxylation is 1. The van der Waals surface area contributed by atoms with Crippen LogP contribution in [0.4, 0.5) is 17.2 Å². The van der Waals surface area contributed by atoms with Gasteiger partial charge in [-0.25, -0.2) is 9.97 Å². The van der Waals surface area contributed by atoms with Crippen molar-refractivity contribution in [3.05, 3.63) is 59.2 Å². The molecule has 1 fully saturated rings. The number of rotatable bonds is 5. The Hall–Kier alpha value is -4.05. The van der Waals surface area contributed by atoms with Crippen molar-refractivity contribution in [3.8, 4) is 17.2 Å². The molecule has 9 nitrogen and oxygen atoms in total. The molecule has 4 aromatic rings. The number of nitrogens with zero attached hydrogens (tertiary/aromatic N) is 4. The van der Waals surface area contributed by atoms with E-state index in [0.717, 1.165) is 53.5 Å². The Morgan fingerprint density at radius 1 is 1.00 bits per heavy atom. The van der Waals surface area contributed by atoms with Gasteiger partial charge in [0.2, 0.25) is 6.79 Å². The number of fused-ring (bicyclic) bond motifs is 2. The molecule has 1 saturated heterocycles. The summed E-state index contributed by atoms with van der Waals surface area (Å²) in [5.41, 5.74) is 2.72. The second-order valence-electron chi connectivity index (χ2n) is 8.63. The molecule has 0 spiro atoms. The number of carbonyl (C=O) groups is 1. The SMILES string of the molecule is COc1ccc(N2CCN(c3ncnc4sc(C(=O)Nc5ccc6c(c5)OCO6)c(C)c34)CC2)cc1. The van der Waals surface area contributed by atoms with Crippen molar-refractivity contribution >= 4 is 44.7 Å². The molecule has 184 valence electrons. The van der Waals surface area contributed by atoms with Gasteiger partial charge in [-0.1, -0.05) is 0 Å². The topological polar surface area (TPSA) is 89.1 Å². The van der Waals surface area contributed by atoms with Crippen LogP contribution in [0.25, 0.3) is 10.2 Å². The first-order chi connectivity index (χ1) is 17.6. The summed E-state index contributed by atoms with van der Waals surface area (Å²) in [6.07, 6.45) is 1.59. The molecule has 0 unspecified atom stereocenters. The summed E-state index contributed by atoms with van der Waals surface area (Å²) in [4.78, 5) is 28.4. The molecule has 2 aromatic carbocycles. The smallest absolute Gasteiger partial charge is 0.266 e. The monoisotopic (exact) mass is 503 g/mol. The van der Waals surface area contributed by atoms with Crippen LogP contribution < -0.4 is 29.3 Å². The summed E-state index contributed by atoms with van der Waals surface area (Å²) in [5.74, 6) is 2.86. The quantitative estimate of drug-likeness (QED) is 0.431. The van der Waals surface area contributed by atoms with Crippen LogP contribution in [0.3, 0.4) is 0 Å². The van der Waals surface area contributed by atoms with Crippen LogP contribution in [0, 0.1) is 6.92 Å². The molecule has 0 aliphatic carbocycles. The molecule has 1 amide bonds. The standard InChI is InChI=1S/C26H25N5O4S/c1-16-22-24(31-11-9-30(10-12-31)18-4-6-19(33-2)7-5-18)27-14-28-26(22)36-23(16)25(32)29-17-3-8-20-21(13-17)35-15-34-20/h3-8,13-14H,9-12,15H2,1-2H3,(H,29,32). The second kappa shape index (κ2) is 9.19. The van der Waals surface area contributed by atoms with Gasteiger partial charge in [0.1, 0.15) is 22.7 Å². The molecule has 4 heterocycles. The summed E-state index contributed by atoms with van der Waals surface area (Å²) in [6.45, 7) is 5.56. The molecule has 0 bridgehead atoms. The highest BCUT2D eigenvalue weighted by atomic mass is 32.1. The minimum absolute atomic E-state index is 0.176. The maximum absolute atomic E-state index is 13.2. The van der Waals surface area contributed by atoms with Crippen LogP contribution in [-0.2, 0) is 0 Å². The van der Waals surface area contributed by atoms with E-state index < -0.39 is 0 Å². The number of benzene rings is 2. The van der Waals surface area contributed by atoms with E-state index in [1.54, 1.807) is 25.6 Å². The van der Waals surface area contributed by atoms with Crippen LogP contribution in [0.1, 0.15) is 15.2 Å². The number of hydrogen-bond acceptors (Lipinski definition) is 9. The molecular weight excluding hydrogens is 478 g/mol. The van der Waals surface area contributed by atoms with Gasteiger partial charge >= 0.3 is 0 Å². The van der Waals surface area contributed by atoms with Crippen molar-refractivity contribution in [3.63, 3.8) is 0 Å². The summed E-state index contributed by atoms with van der Waals surface area (Å²) in [7, 11) is 1.68. The predicted octanol–water partition coefficient (Wildman–Crippen LogP) is 4.32. The zero-order valence-corrected chi connectivity index (χ0v) is 20.8. The average molecular weight is 504 g/mol. The van der Waals surface area contributed by atoms with Gasteiger partial charge in [-0.05, 0) is 48.9 Å². The van der Waals surface area contributed by atoms with Gasteiger partial charge in [0, 0.05) is 43.6 Å². The van der Waals surface area contributed by atoms with Gasteiger partial charge in [-0.2, -0.15) is 0 Å². The number of aromatic nitrogens is 2. The van der Waals surface area contributed by atoms with E-state index in [0.29, 0.717) is 22.1 Å². The number of thiophene rings is 1. The number of carbonyl (C=O) groups excluding carboxylic acids is 1.